The molecule has 40 heavy (non-hydrogen) atoms. The number of imide groups is 1. The number of carbonyl (C=O) groups is 4. The first-order valence-electron chi connectivity index (χ1n) is 13.1. The Labute approximate surface area is 233 Å². The number of nitrogens with one attached hydrogen (secondary N) is 2. The molecular formula is C28H27ClF2N4O5. The van der Waals surface area contributed by atoms with Crippen LogP contribution in [0.4, 0.5) is 25.0 Å². The van der Waals surface area contributed by atoms with Crippen molar-refractivity contribution in [3.05, 3.63) is 58.6 Å². The van der Waals surface area contributed by atoms with Crippen LogP contribution in [0.2, 0.25) is 5.02 Å². The highest BCUT2D eigenvalue weighted by Crippen LogP contribution is 2.69. The van der Waals surface area contributed by atoms with E-state index in [4.69, 9.17) is 16.3 Å². The van der Waals surface area contributed by atoms with Crippen molar-refractivity contribution in [2.45, 2.75) is 49.7 Å². The van der Waals surface area contributed by atoms with Crippen molar-refractivity contribution >= 4 is 46.8 Å². The zero-order chi connectivity index (χ0) is 28.4. The number of rotatable bonds is 6. The fourth-order valence-electron chi connectivity index (χ4n) is 6.40. The van der Waals surface area contributed by atoms with Gasteiger partial charge in [0.2, 0.25) is 17.7 Å². The smallest absolute Gasteiger partial charge is 0.408 e. The number of hydrogen-bond donors (Lipinski definition) is 2. The van der Waals surface area contributed by atoms with E-state index in [0.717, 1.165) is 17.8 Å². The van der Waals surface area contributed by atoms with Gasteiger partial charge in [-0.1, -0.05) is 11.6 Å². The van der Waals surface area contributed by atoms with Gasteiger partial charge in [-0.3, -0.25) is 19.7 Å². The lowest BCUT2D eigenvalue weighted by Crippen LogP contribution is -2.74. The van der Waals surface area contributed by atoms with E-state index in [1.54, 1.807) is 41.1 Å². The molecule has 2 bridgehead atoms. The highest BCUT2D eigenvalue weighted by atomic mass is 35.5. The van der Waals surface area contributed by atoms with Gasteiger partial charge in [0.05, 0.1) is 17.4 Å². The number of nitrogens with zero attached hydrogens (tertiary/aromatic N) is 2. The summed E-state index contributed by atoms with van der Waals surface area (Å²) in [5, 5.41) is 5.49. The van der Waals surface area contributed by atoms with Crippen LogP contribution < -0.4 is 20.4 Å². The Morgan fingerprint density at radius 1 is 1.10 bits per heavy atom. The van der Waals surface area contributed by atoms with Gasteiger partial charge in [0, 0.05) is 67.8 Å². The summed E-state index contributed by atoms with van der Waals surface area (Å²) in [5.41, 5.74) is -0.464. The molecule has 1 unspecified atom stereocenters. The summed E-state index contributed by atoms with van der Waals surface area (Å²) in [4.78, 5) is 52.3. The van der Waals surface area contributed by atoms with E-state index in [1.807, 2.05) is 0 Å². The van der Waals surface area contributed by atoms with Gasteiger partial charge in [-0.05, 0) is 42.8 Å². The summed E-state index contributed by atoms with van der Waals surface area (Å²) in [6.45, 7) is 0.653. The zero-order valence-electron chi connectivity index (χ0n) is 21.6. The third-order valence-corrected chi connectivity index (χ3v) is 8.74. The van der Waals surface area contributed by atoms with Crippen LogP contribution in [0.5, 0.6) is 0 Å². The standard InChI is InChI=1S/C28H27ClF2N4O5/c1-34(17-4-2-15(29)3-5-17)25(38)27-12-28(13-27,14-27)40-26(39)32-16-10-35(11-16)18-8-20(30)23(21(31)9-18)19-6-7-22(36)33-24(19)37/h2-5,8-9,16,19H,6-7,10-14H2,1H3,(H,32,39)(H,33,36,37). The maximum Gasteiger partial charge on any atom is 0.408 e. The molecule has 0 aromatic heterocycles. The van der Waals surface area contributed by atoms with Crippen molar-refractivity contribution < 1.29 is 32.7 Å². The van der Waals surface area contributed by atoms with Crippen LogP contribution in [0, 0.1) is 17.0 Å². The molecule has 7 rings (SSSR count). The van der Waals surface area contributed by atoms with Crippen molar-refractivity contribution in [2.24, 2.45) is 5.41 Å². The molecule has 0 radical (unpaired) electrons. The molecule has 5 aliphatic rings. The molecule has 9 nitrogen and oxygen atoms in total. The lowest BCUT2D eigenvalue weighted by molar-refractivity contribution is -0.246. The molecule has 5 fully saturated rings. The SMILES string of the molecule is CN(C(=O)C12CC(OC(=O)NC3CN(c4cc(F)c(C5CCC(=O)NC5=O)c(F)c4)C3)(C1)C2)c1ccc(Cl)cc1. The van der Waals surface area contributed by atoms with Crippen LogP contribution in [0.1, 0.15) is 43.6 Å². The largest absolute Gasteiger partial charge is 0.443 e. The molecule has 0 spiro atoms. The minimum absolute atomic E-state index is 0.0153. The third-order valence-electron chi connectivity index (χ3n) is 8.48. The molecular weight excluding hydrogens is 546 g/mol. The van der Waals surface area contributed by atoms with E-state index < -0.39 is 46.5 Å². The molecule has 210 valence electrons. The molecule has 2 aromatic rings. The summed E-state index contributed by atoms with van der Waals surface area (Å²) in [7, 11) is 1.72. The molecule has 2 aromatic carbocycles. The molecule has 3 saturated carbocycles. The number of halogens is 3. The minimum Gasteiger partial charge on any atom is -0.443 e. The molecule has 1 atom stereocenters. The van der Waals surface area contributed by atoms with Gasteiger partial charge >= 0.3 is 6.09 Å². The van der Waals surface area contributed by atoms with Gasteiger partial charge in [-0.25, -0.2) is 13.6 Å². The quantitative estimate of drug-likeness (QED) is 0.512. The van der Waals surface area contributed by atoms with Crippen molar-refractivity contribution in [1.82, 2.24) is 10.6 Å². The Balaban J connectivity index is 0.981. The molecule has 2 aliphatic heterocycles. The second-order valence-electron chi connectivity index (χ2n) is 11.3. The first-order chi connectivity index (χ1) is 19.0. The van der Waals surface area contributed by atoms with Gasteiger partial charge < -0.3 is 19.9 Å². The molecule has 2 heterocycles. The Hall–Kier alpha value is -3.73. The second-order valence-corrected chi connectivity index (χ2v) is 11.7. The summed E-state index contributed by atoms with van der Waals surface area (Å²) in [6, 6.07) is 9.07. The predicted molar refractivity (Wildman–Crippen MR) is 141 cm³/mol. The molecule has 2 N–H and O–H groups in total. The number of alkyl carbamates (subject to hydrolysis) is 1. The molecule has 2 saturated heterocycles. The number of carbonyl (C=O) groups excluding carboxylic acids is 4. The topological polar surface area (TPSA) is 108 Å². The Morgan fingerprint density at radius 3 is 2.33 bits per heavy atom. The average Bonchev–Trinajstić information content (AvgIpc) is 2.83. The fraction of sp³-hybridized carbons (Fsp3) is 0.429. The van der Waals surface area contributed by atoms with E-state index >= 15 is 0 Å². The lowest BCUT2D eigenvalue weighted by atomic mass is 9.40. The Morgan fingerprint density at radius 2 is 1.73 bits per heavy atom. The van der Waals surface area contributed by atoms with E-state index in [-0.39, 0.29) is 30.4 Å². The van der Waals surface area contributed by atoms with Crippen LogP contribution in [0.25, 0.3) is 0 Å². The molecule has 3 aliphatic carbocycles. The number of piperidine rings is 1. The van der Waals surface area contributed by atoms with Crippen LogP contribution in [-0.2, 0) is 19.1 Å². The summed E-state index contributed by atoms with van der Waals surface area (Å²) in [6.07, 6.45) is 0.899. The summed E-state index contributed by atoms with van der Waals surface area (Å²) >= 11 is 5.93. The highest BCUT2D eigenvalue weighted by Gasteiger charge is 2.74. The Kier molecular flexibility index (Phi) is 6.25. The number of ether oxygens (including phenoxy) is 1. The molecule has 12 heteroatoms. The van der Waals surface area contributed by atoms with E-state index in [9.17, 15) is 28.0 Å². The van der Waals surface area contributed by atoms with Gasteiger partial charge in [-0.15, -0.1) is 0 Å². The summed E-state index contributed by atoms with van der Waals surface area (Å²) < 4.78 is 35.3. The number of anilines is 2. The third kappa shape index (κ3) is 4.46. The van der Waals surface area contributed by atoms with Gasteiger partial charge in [0.25, 0.3) is 0 Å². The van der Waals surface area contributed by atoms with E-state index in [2.05, 4.69) is 10.6 Å². The fourth-order valence-corrected chi connectivity index (χ4v) is 6.52. The summed E-state index contributed by atoms with van der Waals surface area (Å²) in [5.74, 6) is -3.94. The van der Waals surface area contributed by atoms with Gasteiger partial charge in [0.1, 0.15) is 17.2 Å². The number of hydrogen-bond acceptors (Lipinski definition) is 6. The van der Waals surface area contributed by atoms with Crippen LogP contribution in [-0.4, -0.2) is 55.6 Å². The van der Waals surface area contributed by atoms with E-state index in [1.165, 1.54) is 0 Å². The minimum atomic E-state index is -1.06. The van der Waals surface area contributed by atoms with Crippen molar-refractivity contribution in [3.8, 4) is 0 Å². The number of amides is 4. The van der Waals surface area contributed by atoms with Crippen molar-refractivity contribution in [3.63, 3.8) is 0 Å². The zero-order valence-corrected chi connectivity index (χ0v) is 22.4. The second kappa shape index (κ2) is 9.43. The maximum atomic E-state index is 14.8. The van der Waals surface area contributed by atoms with Crippen molar-refractivity contribution in [1.29, 1.82) is 0 Å². The predicted octanol–water partition coefficient (Wildman–Crippen LogP) is 3.64. The van der Waals surface area contributed by atoms with Crippen molar-refractivity contribution in [2.75, 3.05) is 29.9 Å². The first kappa shape index (κ1) is 26.5. The molecule has 4 amide bonds. The number of benzene rings is 2. The van der Waals surface area contributed by atoms with E-state index in [0.29, 0.717) is 43.1 Å². The Bertz CT molecular complexity index is 1390. The lowest BCUT2D eigenvalue weighted by Gasteiger charge is -2.67. The average molecular weight is 573 g/mol. The maximum absolute atomic E-state index is 14.8. The van der Waals surface area contributed by atoms with Gasteiger partial charge in [0.15, 0.2) is 0 Å². The van der Waals surface area contributed by atoms with Crippen LogP contribution in [0.15, 0.2) is 36.4 Å². The highest BCUT2D eigenvalue weighted by molar-refractivity contribution is 6.30. The van der Waals surface area contributed by atoms with Gasteiger partial charge in [-0.2, -0.15) is 0 Å². The van der Waals surface area contributed by atoms with Crippen LogP contribution >= 0.6 is 11.6 Å². The van der Waals surface area contributed by atoms with Crippen LogP contribution in [0.3, 0.4) is 0 Å². The normalized spacial score (nSPS) is 27.1. The first-order valence-corrected chi connectivity index (χ1v) is 13.5. The monoisotopic (exact) mass is 572 g/mol.